The predicted molar refractivity (Wildman–Crippen MR) is 64.5 cm³/mol. The van der Waals surface area contributed by atoms with Gasteiger partial charge in [-0.15, -0.1) is 0 Å². The molecule has 0 amide bonds. The van der Waals surface area contributed by atoms with Crippen molar-refractivity contribution in [1.82, 2.24) is 4.98 Å². The van der Waals surface area contributed by atoms with E-state index in [0.29, 0.717) is 23.8 Å². The number of halogens is 1. The minimum Gasteiger partial charge on any atom is -0.481 e. The van der Waals surface area contributed by atoms with E-state index in [1.807, 2.05) is 12.1 Å². The van der Waals surface area contributed by atoms with E-state index in [1.54, 1.807) is 31.4 Å². The summed E-state index contributed by atoms with van der Waals surface area (Å²) in [5.74, 6) is 0.971. The molecule has 17 heavy (non-hydrogen) atoms. The van der Waals surface area contributed by atoms with E-state index < -0.39 is 0 Å². The van der Waals surface area contributed by atoms with Crippen molar-refractivity contribution in [3.05, 3.63) is 53.8 Å². The molecule has 0 fully saturated rings. The van der Waals surface area contributed by atoms with Crippen molar-refractivity contribution in [2.45, 2.75) is 6.54 Å². The lowest BCUT2D eigenvalue weighted by Crippen LogP contribution is -2.03. The Hall–Kier alpha value is -2.10. The monoisotopic (exact) mass is 232 g/mol. The summed E-state index contributed by atoms with van der Waals surface area (Å²) in [4.78, 5) is 4.18. The fourth-order valence-corrected chi connectivity index (χ4v) is 1.45. The van der Waals surface area contributed by atoms with Gasteiger partial charge in [0.15, 0.2) is 0 Å². The Bertz CT molecular complexity index is 502. The number of benzene rings is 1. The van der Waals surface area contributed by atoms with Gasteiger partial charge in [0.05, 0.1) is 7.11 Å². The van der Waals surface area contributed by atoms with Gasteiger partial charge in [-0.1, -0.05) is 24.3 Å². The summed E-state index contributed by atoms with van der Waals surface area (Å²) in [6.07, 6.45) is 0. The van der Waals surface area contributed by atoms with Crippen molar-refractivity contribution >= 4 is 5.82 Å². The van der Waals surface area contributed by atoms with Gasteiger partial charge in [0, 0.05) is 18.2 Å². The maximum Gasteiger partial charge on any atom is 0.214 e. The van der Waals surface area contributed by atoms with Crippen LogP contribution in [0.25, 0.3) is 0 Å². The summed E-state index contributed by atoms with van der Waals surface area (Å²) in [7, 11) is 1.56. The first kappa shape index (κ1) is 11.4. The fraction of sp³-hybridized carbons (Fsp3) is 0.154. The summed E-state index contributed by atoms with van der Waals surface area (Å²) < 4.78 is 18.4. The van der Waals surface area contributed by atoms with Crippen LogP contribution >= 0.6 is 0 Å². The van der Waals surface area contributed by atoms with Gasteiger partial charge in [-0.3, -0.25) is 0 Å². The van der Waals surface area contributed by atoms with Gasteiger partial charge in [0.2, 0.25) is 5.88 Å². The van der Waals surface area contributed by atoms with Crippen molar-refractivity contribution in [2.75, 3.05) is 12.4 Å². The van der Waals surface area contributed by atoms with Gasteiger partial charge in [0.25, 0.3) is 0 Å². The first-order valence-corrected chi connectivity index (χ1v) is 5.28. The lowest BCUT2D eigenvalue weighted by atomic mass is 10.2. The van der Waals surface area contributed by atoms with E-state index in [0.717, 1.165) is 0 Å². The van der Waals surface area contributed by atoms with Crippen LogP contribution in [0.2, 0.25) is 0 Å². The summed E-state index contributed by atoms with van der Waals surface area (Å²) in [6.45, 7) is 0.396. The number of hydrogen-bond acceptors (Lipinski definition) is 3. The molecule has 1 N–H and O–H groups in total. The van der Waals surface area contributed by atoms with Crippen LogP contribution < -0.4 is 10.1 Å². The molecule has 3 nitrogen and oxygen atoms in total. The van der Waals surface area contributed by atoms with Crippen LogP contribution in [0, 0.1) is 5.82 Å². The van der Waals surface area contributed by atoms with E-state index in [9.17, 15) is 4.39 Å². The standard InChI is InChI=1S/C13H13FN2O/c1-17-13-8-4-7-12(16-13)15-9-10-5-2-3-6-11(10)14/h2-8H,9H2,1H3,(H,15,16). The van der Waals surface area contributed by atoms with E-state index in [-0.39, 0.29) is 5.82 Å². The van der Waals surface area contributed by atoms with Gasteiger partial charge < -0.3 is 10.1 Å². The molecule has 2 aromatic rings. The zero-order valence-electron chi connectivity index (χ0n) is 9.48. The Labute approximate surface area is 99.3 Å². The van der Waals surface area contributed by atoms with E-state index in [1.165, 1.54) is 6.07 Å². The highest BCUT2D eigenvalue weighted by molar-refractivity contribution is 5.38. The molecule has 4 heteroatoms. The SMILES string of the molecule is COc1cccc(NCc2ccccc2F)n1. The highest BCUT2D eigenvalue weighted by Gasteiger charge is 2.01. The normalized spacial score (nSPS) is 10.0. The third kappa shape index (κ3) is 2.93. The van der Waals surface area contributed by atoms with Crippen molar-refractivity contribution < 1.29 is 9.13 Å². The molecule has 2 rings (SSSR count). The average Bonchev–Trinajstić information content (AvgIpc) is 2.38. The van der Waals surface area contributed by atoms with Crippen molar-refractivity contribution in [3.8, 4) is 5.88 Å². The lowest BCUT2D eigenvalue weighted by molar-refractivity contribution is 0.398. The van der Waals surface area contributed by atoms with Crippen LogP contribution in [0.5, 0.6) is 5.88 Å². The molecule has 0 saturated carbocycles. The molecule has 1 heterocycles. The summed E-state index contributed by atoms with van der Waals surface area (Å²) in [5, 5.41) is 3.05. The third-order valence-electron chi connectivity index (χ3n) is 2.35. The molecule has 88 valence electrons. The second-order valence-electron chi connectivity index (χ2n) is 3.51. The number of ether oxygens (including phenoxy) is 1. The van der Waals surface area contributed by atoms with Gasteiger partial charge >= 0.3 is 0 Å². The molecular formula is C13H13FN2O. The minimum atomic E-state index is -0.220. The molecule has 1 aromatic heterocycles. The number of methoxy groups -OCH3 is 1. The van der Waals surface area contributed by atoms with Gasteiger partial charge in [-0.05, 0) is 12.1 Å². The maximum absolute atomic E-state index is 13.4. The first-order valence-electron chi connectivity index (χ1n) is 5.28. The number of aromatic nitrogens is 1. The zero-order chi connectivity index (χ0) is 12.1. The topological polar surface area (TPSA) is 34.1 Å². The molecule has 0 spiro atoms. The van der Waals surface area contributed by atoms with Crippen LogP contribution in [0.1, 0.15) is 5.56 Å². The van der Waals surface area contributed by atoms with Gasteiger partial charge in [0.1, 0.15) is 11.6 Å². The number of anilines is 1. The van der Waals surface area contributed by atoms with E-state index >= 15 is 0 Å². The number of nitrogens with one attached hydrogen (secondary N) is 1. The van der Waals surface area contributed by atoms with Crippen LogP contribution in [-0.2, 0) is 6.54 Å². The highest BCUT2D eigenvalue weighted by Crippen LogP contribution is 2.13. The van der Waals surface area contributed by atoms with E-state index in [4.69, 9.17) is 4.74 Å². The Morgan fingerprint density at radius 1 is 1.18 bits per heavy atom. The largest absolute Gasteiger partial charge is 0.481 e. The summed E-state index contributed by atoms with van der Waals surface area (Å²) >= 11 is 0. The molecule has 0 unspecified atom stereocenters. The molecular weight excluding hydrogens is 219 g/mol. The van der Waals surface area contributed by atoms with E-state index in [2.05, 4.69) is 10.3 Å². The molecule has 0 saturated heterocycles. The molecule has 0 aliphatic rings. The smallest absolute Gasteiger partial charge is 0.214 e. The maximum atomic E-state index is 13.4. The van der Waals surface area contributed by atoms with Crippen molar-refractivity contribution in [3.63, 3.8) is 0 Å². The van der Waals surface area contributed by atoms with Crippen LogP contribution in [0.15, 0.2) is 42.5 Å². The zero-order valence-corrected chi connectivity index (χ0v) is 9.48. The van der Waals surface area contributed by atoms with Crippen LogP contribution in [0.4, 0.5) is 10.2 Å². The summed E-state index contributed by atoms with van der Waals surface area (Å²) in [6, 6.07) is 12.0. The van der Waals surface area contributed by atoms with Crippen molar-refractivity contribution in [2.24, 2.45) is 0 Å². The van der Waals surface area contributed by atoms with Crippen LogP contribution in [0.3, 0.4) is 0 Å². The van der Waals surface area contributed by atoms with Gasteiger partial charge in [-0.2, -0.15) is 4.98 Å². The number of rotatable bonds is 4. The highest BCUT2D eigenvalue weighted by atomic mass is 19.1. The molecule has 1 aromatic carbocycles. The third-order valence-corrected chi connectivity index (χ3v) is 2.35. The Balaban J connectivity index is 2.05. The number of hydrogen-bond donors (Lipinski definition) is 1. The molecule has 0 radical (unpaired) electrons. The lowest BCUT2D eigenvalue weighted by Gasteiger charge is -2.07. The van der Waals surface area contributed by atoms with Crippen molar-refractivity contribution in [1.29, 1.82) is 0 Å². The molecule has 0 atom stereocenters. The first-order chi connectivity index (χ1) is 8.29. The molecule has 0 aliphatic heterocycles. The number of pyridine rings is 1. The molecule has 0 bridgehead atoms. The summed E-state index contributed by atoms with van der Waals surface area (Å²) in [5.41, 5.74) is 0.608. The average molecular weight is 232 g/mol. The second-order valence-corrected chi connectivity index (χ2v) is 3.51. The molecule has 0 aliphatic carbocycles. The quantitative estimate of drug-likeness (QED) is 0.880. The minimum absolute atomic E-state index is 0.220. The second kappa shape index (κ2) is 5.30. The Kier molecular flexibility index (Phi) is 3.55. The van der Waals surface area contributed by atoms with Gasteiger partial charge in [-0.25, -0.2) is 4.39 Å². The Morgan fingerprint density at radius 3 is 2.76 bits per heavy atom. The fourth-order valence-electron chi connectivity index (χ4n) is 1.45. The predicted octanol–water partition coefficient (Wildman–Crippen LogP) is 2.84. The Morgan fingerprint density at radius 2 is 2.00 bits per heavy atom. The van der Waals surface area contributed by atoms with Crippen LogP contribution in [-0.4, -0.2) is 12.1 Å². The number of nitrogens with zero attached hydrogens (tertiary/aromatic N) is 1.